The first-order valence-electron chi connectivity index (χ1n) is 5.18. The minimum absolute atomic E-state index is 0.00861. The zero-order valence-electron chi connectivity index (χ0n) is 8.53. The number of nitrogens with two attached hydrogens (primary N) is 1. The van der Waals surface area contributed by atoms with Crippen LogP contribution >= 0.6 is 0 Å². The Bertz CT molecular complexity index is 328. The Hall–Kier alpha value is -1.36. The van der Waals surface area contributed by atoms with E-state index < -0.39 is 0 Å². The first-order chi connectivity index (χ1) is 7.27. The molecule has 0 unspecified atom stereocenters. The molecular formula is C10H15N3O2. The lowest BCUT2D eigenvalue weighted by molar-refractivity contribution is -0.124. The average molecular weight is 209 g/mol. The molecule has 82 valence electrons. The number of nitrogens with zero attached hydrogens (tertiary/aromatic N) is 1. The molecule has 1 fully saturated rings. The van der Waals surface area contributed by atoms with E-state index in [1.807, 2.05) is 0 Å². The lowest BCUT2D eigenvalue weighted by Gasteiger charge is -2.25. The van der Waals surface area contributed by atoms with Gasteiger partial charge in [-0.05, 0) is 12.8 Å². The Morgan fingerprint density at radius 2 is 2.33 bits per heavy atom. The molecule has 15 heavy (non-hydrogen) atoms. The van der Waals surface area contributed by atoms with Crippen LogP contribution < -0.4 is 11.1 Å². The number of hydrogen-bond acceptors (Lipinski definition) is 4. The fourth-order valence-electron chi connectivity index (χ4n) is 2.11. The van der Waals surface area contributed by atoms with E-state index in [9.17, 15) is 4.79 Å². The van der Waals surface area contributed by atoms with Gasteiger partial charge in [0.15, 0.2) is 0 Å². The van der Waals surface area contributed by atoms with Crippen LogP contribution in [0.1, 0.15) is 25.7 Å². The summed E-state index contributed by atoms with van der Waals surface area (Å²) >= 11 is 0. The molecule has 0 aromatic carbocycles. The van der Waals surface area contributed by atoms with Crippen LogP contribution in [-0.2, 0) is 4.79 Å². The van der Waals surface area contributed by atoms with Gasteiger partial charge in [0.25, 0.3) is 0 Å². The van der Waals surface area contributed by atoms with E-state index in [4.69, 9.17) is 5.73 Å². The second kappa shape index (κ2) is 4.02. The normalized spacial score (nSPS) is 19.0. The molecule has 1 heterocycles. The molecule has 0 spiro atoms. The second-order valence-electron chi connectivity index (χ2n) is 4.06. The van der Waals surface area contributed by atoms with E-state index in [-0.39, 0.29) is 11.3 Å². The Balaban J connectivity index is 2.06. The van der Waals surface area contributed by atoms with Crippen LogP contribution in [0.15, 0.2) is 17.0 Å². The van der Waals surface area contributed by atoms with E-state index in [1.54, 1.807) is 0 Å². The van der Waals surface area contributed by atoms with Crippen molar-refractivity contribution in [3.05, 3.63) is 12.5 Å². The Morgan fingerprint density at radius 1 is 1.60 bits per heavy atom. The summed E-state index contributed by atoms with van der Waals surface area (Å²) < 4.78 is 4.65. The maximum Gasteiger partial charge on any atom is 0.231 e. The van der Waals surface area contributed by atoms with Crippen LogP contribution in [0, 0.1) is 5.41 Å². The van der Waals surface area contributed by atoms with Gasteiger partial charge >= 0.3 is 0 Å². The van der Waals surface area contributed by atoms with Gasteiger partial charge in [-0.15, -0.1) is 0 Å². The Morgan fingerprint density at radius 3 is 2.87 bits per heavy atom. The molecule has 1 amide bonds. The van der Waals surface area contributed by atoms with Crippen molar-refractivity contribution in [1.29, 1.82) is 0 Å². The molecule has 0 radical (unpaired) electrons. The quantitative estimate of drug-likeness (QED) is 0.782. The molecule has 1 saturated carbocycles. The fraction of sp³-hybridized carbons (Fsp3) is 0.600. The van der Waals surface area contributed by atoms with Crippen molar-refractivity contribution in [1.82, 2.24) is 5.16 Å². The molecule has 1 aromatic rings. The zero-order valence-corrected chi connectivity index (χ0v) is 8.53. The molecule has 5 heteroatoms. The largest absolute Gasteiger partial charge is 0.363 e. The lowest BCUT2D eigenvalue weighted by atomic mass is 9.85. The van der Waals surface area contributed by atoms with E-state index in [0.717, 1.165) is 25.7 Å². The highest BCUT2D eigenvalue weighted by Gasteiger charge is 2.39. The first-order valence-corrected chi connectivity index (χ1v) is 5.18. The third-order valence-electron chi connectivity index (χ3n) is 3.12. The third kappa shape index (κ3) is 1.87. The number of carbonyl (C=O) groups is 1. The second-order valence-corrected chi connectivity index (χ2v) is 4.06. The van der Waals surface area contributed by atoms with Gasteiger partial charge in [-0.25, -0.2) is 0 Å². The number of anilines is 1. The van der Waals surface area contributed by atoms with Crippen molar-refractivity contribution in [3.63, 3.8) is 0 Å². The smallest absolute Gasteiger partial charge is 0.231 e. The van der Waals surface area contributed by atoms with Gasteiger partial charge in [0.2, 0.25) is 5.91 Å². The maximum absolute atomic E-state index is 12.0. The summed E-state index contributed by atoms with van der Waals surface area (Å²) in [6, 6.07) is 0. The molecule has 0 saturated heterocycles. The monoisotopic (exact) mass is 209 g/mol. The summed E-state index contributed by atoms with van der Waals surface area (Å²) in [7, 11) is 0. The van der Waals surface area contributed by atoms with Crippen molar-refractivity contribution >= 4 is 11.6 Å². The van der Waals surface area contributed by atoms with Crippen molar-refractivity contribution in [2.24, 2.45) is 11.1 Å². The highest BCUT2D eigenvalue weighted by Crippen LogP contribution is 2.38. The van der Waals surface area contributed by atoms with Crippen LogP contribution in [0.3, 0.4) is 0 Å². The Kier molecular flexibility index (Phi) is 2.73. The van der Waals surface area contributed by atoms with Gasteiger partial charge < -0.3 is 15.6 Å². The van der Waals surface area contributed by atoms with E-state index in [2.05, 4.69) is 15.0 Å². The molecular weight excluding hydrogens is 194 g/mol. The van der Waals surface area contributed by atoms with Crippen molar-refractivity contribution < 1.29 is 9.32 Å². The topological polar surface area (TPSA) is 81.2 Å². The van der Waals surface area contributed by atoms with Crippen LogP contribution in [0.2, 0.25) is 0 Å². The van der Waals surface area contributed by atoms with Gasteiger partial charge in [0, 0.05) is 6.54 Å². The summed E-state index contributed by atoms with van der Waals surface area (Å²) in [5, 5.41) is 6.31. The minimum Gasteiger partial charge on any atom is -0.363 e. The molecule has 1 aliphatic carbocycles. The third-order valence-corrected chi connectivity index (χ3v) is 3.12. The molecule has 3 N–H and O–H groups in total. The number of amides is 1. The van der Waals surface area contributed by atoms with E-state index in [0.29, 0.717) is 12.2 Å². The molecule has 1 aromatic heterocycles. The van der Waals surface area contributed by atoms with Crippen LogP contribution in [0.25, 0.3) is 0 Å². The maximum atomic E-state index is 12.0. The molecule has 0 aliphatic heterocycles. The molecule has 0 atom stereocenters. The van der Waals surface area contributed by atoms with Gasteiger partial charge in [-0.1, -0.05) is 18.0 Å². The number of carbonyl (C=O) groups excluding carboxylic acids is 1. The summed E-state index contributed by atoms with van der Waals surface area (Å²) in [5.41, 5.74) is 5.92. The fourth-order valence-corrected chi connectivity index (χ4v) is 2.11. The molecule has 5 nitrogen and oxygen atoms in total. The highest BCUT2D eigenvalue weighted by atomic mass is 16.5. The van der Waals surface area contributed by atoms with Crippen molar-refractivity contribution in [2.45, 2.75) is 25.7 Å². The molecule has 0 bridgehead atoms. The molecule has 1 aliphatic rings. The minimum atomic E-state index is -0.378. The summed E-state index contributed by atoms with van der Waals surface area (Å²) in [4.78, 5) is 12.0. The number of aromatic nitrogens is 1. The van der Waals surface area contributed by atoms with Crippen LogP contribution in [0.5, 0.6) is 0 Å². The predicted molar refractivity (Wildman–Crippen MR) is 55.1 cm³/mol. The van der Waals surface area contributed by atoms with Gasteiger partial charge in [0.05, 0.1) is 11.6 Å². The number of nitrogens with one attached hydrogen (secondary N) is 1. The number of hydrogen-bond donors (Lipinski definition) is 2. The lowest BCUT2D eigenvalue weighted by Crippen LogP contribution is -2.40. The summed E-state index contributed by atoms with van der Waals surface area (Å²) in [6.45, 7) is 0.407. The highest BCUT2D eigenvalue weighted by molar-refractivity contribution is 5.95. The summed E-state index contributed by atoms with van der Waals surface area (Å²) in [5.74, 6) is -0.00861. The Labute approximate surface area is 88.0 Å². The zero-order chi connectivity index (χ0) is 10.7. The first kappa shape index (κ1) is 10.2. The average Bonchev–Trinajstić information content (AvgIpc) is 2.87. The van der Waals surface area contributed by atoms with Gasteiger partial charge in [-0.3, -0.25) is 4.79 Å². The van der Waals surface area contributed by atoms with Crippen LogP contribution in [0.4, 0.5) is 5.69 Å². The number of rotatable bonds is 3. The van der Waals surface area contributed by atoms with Gasteiger partial charge in [0.1, 0.15) is 12.0 Å². The standard InChI is InChI=1S/C10H15N3O2/c11-7-10(3-1-2-4-10)9(14)13-8-5-12-15-6-8/h5-6H,1-4,7,11H2,(H,13,14). The van der Waals surface area contributed by atoms with Crippen LogP contribution in [-0.4, -0.2) is 17.6 Å². The SMILES string of the molecule is NCC1(C(=O)Nc2cnoc2)CCCC1. The van der Waals surface area contributed by atoms with Crippen molar-refractivity contribution in [2.75, 3.05) is 11.9 Å². The van der Waals surface area contributed by atoms with E-state index in [1.165, 1.54) is 12.5 Å². The van der Waals surface area contributed by atoms with Gasteiger partial charge in [-0.2, -0.15) is 0 Å². The predicted octanol–water partition coefficient (Wildman–Crippen LogP) is 1.13. The van der Waals surface area contributed by atoms with E-state index >= 15 is 0 Å². The van der Waals surface area contributed by atoms with Crippen molar-refractivity contribution in [3.8, 4) is 0 Å². The summed E-state index contributed by atoms with van der Waals surface area (Å²) in [6.07, 6.45) is 6.80. The molecule has 2 rings (SSSR count).